The quantitative estimate of drug-likeness (QED) is 0.358. The van der Waals surface area contributed by atoms with Crippen LogP contribution in [0.25, 0.3) is 0 Å². The number of aryl methyl sites for hydroxylation is 1. The number of primary amides is 1. The van der Waals surface area contributed by atoms with Crippen LogP contribution in [0.3, 0.4) is 0 Å². The van der Waals surface area contributed by atoms with Crippen LogP contribution in [-0.2, 0) is 24.2 Å². The van der Waals surface area contributed by atoms with Gasteiger partial charge in [-0.1, -0.05) is 50.8 Å². The Bertz CT molecular complexity index is 1000. The lowest BCUT2D eigenvalue weighted by atomic mass is 9.80. The lowest BCUT2D eigenvalue weighted by Crippen LogP contribution is -2.49. The molecule has 7 nitrogen and oxygen atoms in total. The van der Waals surface area contributed by atoms with E-state index in [1.165, 1.54) is 0 Å². The Morgan fingerprint density at radius 2 is 1.76 bits per heavy atom. The number of hydrogen-bond donors (Lipinski definition) is 3. The van der Waals surface area contributed by atoms with Gasteiger partial charge in [-0.15, -0.1) is 0 Å². The minimum Gasteiger partial charge on any atom is -0.369 e. The van der Waals surface area contributed by atoms with Crippen molar-refractivity contribution in [1.29, 1.82) is 0 Å². The van der Waals surface area contributed by atoms with Crippen molar-refractivity contribution >= 4 is 21.7 Å². The summed E-state index contributed by atoms with van der Waals surface area (Å²) in [5, 5.41) is 2.85. The number of amides is 2. The predicted molar refractivity (Wildman–Crippen MR) is 130 cm³/mol. The number of sulfone groups is 1. The van der Waals surface area contributed by atoms with Gasteiger partial charge in [0.1, 0.15) is 4.75 Å². The molecule has 0 spiro atoms. The van der Waals surface area contributed by atoms with Gasteiger partial charge in [-0.2, -0.15) is 0 Å². The summed E-state index contributed by atoms with van der Waals surface area (Å²) < 4.78 is 26.9. The van der Waals surface area contributed by atoms with E-state index in [9.17, 15) is 18.0 Å². The molecule has 0 saturated heterocycles. The molecule has 1 aromatic heterocycles. The SMILES string of the molecule is CCCCNC(=O)CCC(c1ccc[nH]1)(C(CCCC)C(N)=O)S(=O)(=O)c1ccc(C)cc1. The second-order valence-electron chi connectivity index (χ2n) is 8.59. The van der Waals surface area contributed by atoms with Crippen molar-refractivity contribution < 1.29 is 18.0 Å². The van der Waals surface area contributed by atoms with Crippen molar-refractivity contribution in [2.75, 3.05) is 6.54 Å². The molecular weight excluding hydrogens is 438 g/mol. The Labute approximate surface area is 197 Å². The molecule has 33 heavy (non-hydrogen) atoms. The summed E-state index contributed by atoms with van der Waals surface area (Å²) in [6.07, 6.45) is 5.06. The molecule has 8 heteroatoms. The standard InChI is InChI=1S/C25H37N3O4S/c1-4-6-9-21(24(26)30)25(22-10-8-18-27-22,16-15-23(29)28-17-7-5-2)33(31,32)20-13-11-19(3)12-14-20/h8,10-14,18,21,27H,4-7,9,15-17H2,1-3H3,(H2,26,30)(H,28,29). The molecule has 2 rings (SSSR count). The van der Waals surface area contributed by atoms with Crippen molar-refractivity contribution in [3.8, 4) is 0 Å². The maximum atomic E-state index is 14.3. The highest BCUT2D eigenvalue weighted by Gasteiger charge is 2.54. The molecule has 0 aliphatic rings. The molecule has 2 amide bonds. The Morgan fingerprint density at radius 1 is 1.09 bits per heavy atom. The summed E-state index contributed by atoms with van der Waals surface area (Å²) in [7, 11) is -4.11. The molecule has 2 aromatic rings. The zero-order valence-corrected chi connectivity index (χ0v) is 20.7. The van der Waals surface area contributed by atoms with Crippen LogP contribution in [0.1, 0.15) is 70.1 Å². The number of rotatable bonds is 14. The summed E-state index contributed by atoms with van der Waals surface area (Å²) in [6.45, 7) is 6.42. The Morgan fingerprint density at radius 3 is 2.30 bits per heavy atom. The highest BCUT2D eigenvalue weighted by atomic mass is 32.2. The first-order chi connectivity index (χ1) is 15.7. The topological polar surface area (TPSA) is 122 Å². The zero-order valence-electron chi connectivity index (χ0n) is 19.9. The highest BCUT2D eigenvalue weighted by Crippen LogP contribution is 2.47. The molecule has 2 atom stereocenters. The Kier molecular flexibility index (Phi) is 9.70. The number of aromatic nitrogens is 1. The third-order valence-corrected chi connectivity index (χ3v) is 8.75. The van der Waals surface area contributed by atoms with Gasteiger partial charge < -0.3 is 16.0 Å². The van der Waals surface area contributed by atoms with Crippen LogP contribution in [0.5, 0.6) is 0 Å². The first kappa shape index (κ1) is 26.6. The molecule has 0 radical (unpaired) electrons. The first-order valence-electron chi connectivity index (χ1n) is 11.7. The van der Waals surface area contributed by atoms with Gasteiger partial charge >= 0.3 is 0 Å². The maximum absolute atomic E-state index is 14.3. The van der Waals surface area contributed by atoms with Crippen LogP contribution in [0, 0.1) is 12.8 Å². The fourth-order valence-corrected chi connectivity index (χ4v) is 6.60. The molecule has 4 N–H and O–H groups in total. The highest BCUT2D eigenvalue weighted by molar-refractivity contribution is 7.92. The van der Waals surface area contributed by atoms with Crippen LogP contribution in [-0.4, -0.2) is 31.8 Å². The average Bonchev–Trinajstić information content (AvgIpc) is 3.31. The van der Waals surface area contributed by atoms with Gasteiger partial charge in [0.15, 0.2) is 9.84 Å². The molecule has 0 aliphatic heterocycles. The van der Waals surface area contributed by atoms with E-state index in [1.54, 1.807) is 42.6 Å². The number of unbranched alkanes of at least 4 members (excludes halogenated alkanes) is 2. The van der Waals surface area contributed by atoms with E-state index in [-0.39, 0.29) is 23.6 Å². The predicted octanol–water partition coefficient (Wildman–Crippen LogP) is 3.98. The summed E-state index contributed by atoms with van der Waals surface area (Å²) in [4.78, 5) is 28.5. The largest absolute Gasteiger partial charge is 0.369 e. The number of nitrogens with two attached hydrogens (primary N) is 1. The molecule has 2 unspecified atom stereocenters. The fraction of sp³-hybridized carbons (Fsp3) is 0.520. The number of hydrogen-bond acceptors (Lipinski definition) is 4. The van der Waals surface area contributed by atoms with Gasteiger partial charge in [0.2, 0.25) is 11.8 Å². The molecule has 182 valence electrons. The molecule has 0 saturated carbocycles. The molecule has 1 heterocycles. The fourth-order valence-electron chi connectivity index (χ4n) is 4.29. The number of carbonyl (C=O) groups excluding carboxylic acids is 2. The van der Waals surface area contributed by atoms with Gasteiger partial charge in [0, 0.05) is 24.9 Å². The lowest BCUT2D eigenvalue weighted by molar-refractivity contribution is -0.125. The van der Waals surface area contributed by atoms with E-state index in [2.05, 4.69) is 10.3 Å². The van der Waals surface area contributed by atoms with Crippen molar-refractivity contribution in [3.05, 3.63) is 53.9 Å². The normalized spacial score (nSPS) is 14.4. The maximum Gasteiger partial charge on any atom is 0.222 e. The second-order valence-corrected chi connectivity index (χ2v) is 10.8. The van der Waals surface area contributed by atoms with E-state index >= 15 is 0 Å². The van der Waals surface area contributed by atoms with Gasteiger partial charge in [0.05, 0.1) is 10.8 Å². The van der Waals surface area contributed by atoms with Gasteiger partial charge in [-0.05, 0) is 50.5 Å². The van der Waals surface area contributed by atoms with Crippen LogP contribution in [0.2, 0.25) is 0 Å². The van der Waals surface area contributed by atoms with E-state index in [4.69, 9.17) is 5.73 Å². The van der Waals surface area contributed by atoms with E-state index in [0.717, 1.165) is 24.8 Å². The first-order valence-corrected chi connectivity index (χ1v) is 13.2. The van der Waals surface area contributed by atoms with E-state index < -0.39 is 26.4 Å². The molecule has 0 fully saturated rings. The molecular formula is C25H37N3O4S. The van der Waals surface area contributed by atoms with Crippen LogP contribution >= 0.6 is 0 Å². The van der Waals surface area contributed by atoms with Gasteiger partial charge in [-0.25, -0.2) is 8.42 Å². The molecule has 0 bridgehead atoms. The van der Waals surface area contributed by atoms with Gasteiger partial charge in [0.25, 0.3) is 0 Å². The van der Waals surface area contributed by atoms with Crippen LogP contribution in [0.4, 0.5) is 0 Å². The lowest BCUT2D eigenvalue weighted by Gasteiger charge is -2.38. The summed E-state index contributed by atoms with van der Waals surface area (Å²) in [5.41, 5.74) is 7.16. The summed E-state index contributed by atoms with van der Waals surface area (Å²) in [6, 6.07) is 9.95. The zero-order chi connectivity index (χ0) is 24.5. The number of H-pyrrole nitrogens is 1. The third-order valence-electron chi connectivity index (χ3n) is 6.19. The Hall–Kier alpha value is -2.61. The minimum absolute atomic E-state index is 0.0380. The monoisotopic (exact) mass is 475 g/mol. The Balaban J connectivity index is 2.65. The smallest absolute Gasteiger partial charge is 0.222 e. The van der Waals surface area contributed by atoms with Gasteiger partial charge in [-0.3, -0.25) is 9.59 Å². The van der Waals surface area contributed by atoms with Crippen LogP contribution < -0.4 is 11.1 Å². The van der Waals surface area contributed by atoms with E-state index in [0.29, 0.717) is 25.1 Å². The van der Waals surface area contributed by atoms with Crippen molar-refractivity contribution in [2.24, 2.45) is 11.7 Å². The minimum atomic E-state index is -4.11. The number of aromatic amines is 1. The third kappa shape index (κ3) is 6.05. The number of nitrogens with one attached hydrogen (secondary N) is 2. The molecule has 1 aromatic carbocycles. The average molecular weight is 476 g/mol. The van der Waals surface area contributed by atoms with Crippen molar-refractivity contribution in [1.82, 2.24) is 10.3 Å². The van der Waals surface area contributed by atoms with E-state index in [1.807, 2.05) is 20.8 Å². The van der Waals surface area contributed by atoms with Crippen molar-refractivity contribution in [2.45, 2.75) is 75.4 Å². The number of carbonyl (C=O) groups is 2. The number of benzene rings is 1. The summed E-state index contributed by atoms with van der Waals surface area (Å²) >= 11 is 0. The summed E-state index contributed by atoms with van der Waals surface area (Å²) in [5.74, 6) is -1.91. The molecule has 0 aliphatic carbocycles. The van der Waals surface area contributed by atoms with Crippen LogP contribution in [0.15, 0.2) is 47.5 Å². The second kappa shape index (κ2) is 12.0. The van der Waals surface area contributed by atoms with Crippen molar-refractivity contribution in [3.63, 3.8) is 0 Å².